The van der Waals surface area contributed by atoms with Crippen molar-refractivity contribution in [3.05, 3.63) is 30.1 Å². The van der Waals surface area contributed by atoms with E-state index < -0.39 is 11.9 Å². The van der Waals surface area contributed by atoms with Gasteiger partial charge in [0.05, 0.1) is 12.7 Å². The Balaban J connectivity index is 1.40. The van der Waals surface area contributed by atoms with Crippen LogP contribution in [0.15, 0.2) is 18.6 Å². The number of amides is 1. The third-order valence-electron chi connectivity index (χ3n) is 5.53. The fourth-order valence-corrected chi connectivity index (χ4v) is 3.71. The molecular formula is C18H22F3N7O. The Labute approximate surface area is 165 Å². The molecule has 0 spiro atoms. The van der Waals surface area contributed by atoms with Gasteiger partial charge < -0.3 is 19.7 Å². The standard InChI is InChI=1S/C18H22F3N7O/c1-26-6-7-28(10-16(26)29)15-8-14(23-11-24-15)27-4-2-12(3-5-27)17-22-9-13(25-17)18(19,20)21/h8-9,11-12H,2-7,10H2,1H3,(H,22,25). The molecule has 2 aliphatic heterocycles. The highest BCUT2D eigenvalue weighted by Crippen LogP contribution is 2.32. The number of piperidine rings is 1. The topological polar surface area (TPSA) is 81.2 Å². The van der Waals surface area contributed by atoms with Gasteiger partial charge in [0.15, 0.2) is 0 Å². The number of carbonyl (C=O) groups excluding carboxylic acids is 1. The molecule has 0 saturated carbocycles. The Bertz CT molecular complexity index is 876. The quantitative estimate of drug-likeness (QED) is 0.834. The average molecular weight is 409 g/mol. The van der Waals surface area contributed by atoms with Crippen molar-refractivity contribution in [3.63, 3.8) is 0 Å². The number of rotatable bonds is 3. The molecule has 0 aromatic carbocycles. The Kier molecular flexibility index (Phi) is 5.05. The molecule has 0 unspecified atom stereocenters. The zero-order valence-electron chi connectivity index (χ0n) is 16.0. The van der Waals surface area contributed by atoms with Gasteiger partial charge in [0.25, 0.3) is 0 Å². The van der Waals surface area contributed by atoms with Crippen LogP contribution in [0.2, 0.25) is 0 Å². The van der Waals surface area contributed by atoms with Gasteiger partial charge in [-0.25, -0.2) is 15.0 Å². The van der Waals surface area contributed by atoms with Crippen molar-refractivity contribution >= 4 is 17.5 Å². The highest BCUT2D eigenvalue weighted by atomic mass is 19.4. The van der Waals surface area contributed by atoms with Crippen LogP contribution in [-0.2, 0) is 11.0 Å². The third kappa shape index (κ3) is 4.13. The summed E-state index contributed by atoms with van der Waals surface area (Å²) >= 11 is 0. The second-order valence-corrected chi connectivity index (χ2v) is 7.41. The Morgan fingerprint density at radius 1 is 1.03 bits per heavy atom. The number of likely N-dealkylation sites (N-methyl/N-ethyl adjacent to an activating group) is 1. The van der Waals surface area contributed by atoms with Crippen LogP contribution in [0.25, 0.3) is 0 Å². The van der Waals surface area contributed by atoms with E-state index in [1.807, 2.05) is 11.0 Å². The first kappa shape index (κ1) is 19.5. The number of aromatic nitrogens is 4. The van der Waals surface area contributed by atoms with Crippen molar-refractivity contribution in [1.29, 1.82) is 0 Å². The fourth-order valence-electron chi connectivity index (χ4n) is 3.71. The minimum Gasteiger partial charge on any atom is -0.356 e. The van der Waals surface area contributed by atoms with Crippen molar-refractivity contribution in [2.75, 3.05) is 49.6 Å². The number of hydrogen-bond acceptors (Lipinski definition) is 6. The summed E-state index contributed by atoms with van der Waals surface area (Å²) in [6.45, 7) is 2.96. The van der Waals surface area contributed by atoms with Crippen LogP contribution < -0.4 is 9.80 Å². The van der Waals surface area contributed by atoms with Crippen LogP contribution in [0.4, 0.5) is 24.8 Å². The molecule has 0 radical (unpaired) electrons. The minimum atomic E-state index is -4.41. The molecule has 1 N–H and O–H groups in total. The van der Waals surface area contributed by atoms with Gasteiger partial charge in [-0.2, -0.15) is 13.2 Å². The summed E-state index contributed by atoms with van der Waals surface area (Å²) < 4.78 is 38.3. The van der Waals surface area contributed by atoms with Crippen LogP contribution in [0.5, 0.6) is 0 Å². The molecular weight excluding hydrogens is 387 g/mol. The summed E-state index contributed by atoms with van der Waals surface area (Å²) in [5, 5.41) is 0. The van der Waals surface area contributed by atoms with E-state index in [0.717, 1.165) is 12.0 Å². The number of H-pyrrole nitrogens is 1. The van der Waals surface area contributed by atoms with Gasteiger partial charge in [-0.05, 0) is 12.8 Å². The molecule has 2 aromatic heterocycles. The highest BCUT2D eigenvalue weighted by molar-refractivity contribution is 5.82. The summed E-state index contributed by atoms with van der Waals surface area (Å²) in [5.74, 6) is 1.86. The largest absolute Gasteiger partial charge is 0.432 e. The number of anilines is 2. The van der Waals surface area contributed by atoms with Crippen molar-refractivity contribution < 1.29 is 18.0 Å². The van der Waals surface area contributed by atoms with E-state index in [-0.39, 0.29) is 18.4 Å². The predicted molar refractivity (Wildman–Crippen MR) is 99.7 cm³/mol. The number of alkyl halides is 3. The lowest BCUT2D eigenvalue weighted by Gasteiger charge is -2.34. The van der Waals surface area contributed by atoms with E-state index in [2.05, 4.69) is 24.8 Å². The average Bonchev–Trinajstić information content (AvgIpc) is 3.21. The number of carbonyl (C=O) groups is 1. The molecule has 0 atom stereocenters. The number of nitrogens with zero attached hydrogens (tertiary/aromatic N) is 6. The molecule has 2 aromatic rings. The zero-order chi connectivity index (χ0) is 20.6. The van der Waals surface area contributed by atoms with E-state index in [4.69, 9.17) is 0 Å². The van der Waals surface area contributed by atoms with Gasteiger partial charge in [0.2, 0.25) is 5.91 Å². The normalized spacial score (nSPS) is 19.2. The van der Waals surface area contributed by atoms with Gasteiger partial charge in [0, 0.05) is 45.2 Å². The number of aromatic amines is 1. The molecule has 2 aliphatic rings. The van der Waals surface area contributed by atoms with E-state index >= 15 is 0 Å². The molecule has 29 heavy (non-hydrogen) atoms. The summed E-state index contributed by atoms with van der Waals surface area (Å²) in [6, 6.07) is 1.87. The Morgan fingerprint density at radius 3 is 2.34 bits per heavy atom. The van der Waals surface area contributed by atoms with E-state index in [9.17, 15) is 18.0 Å². The lowest BCUT2D eigenvalue weighted by atomic mass is 9.96. The van der Waals surface area contributed by atoms with E-state index in [1.165, 1.54) is 6.33 Å². The number of imidazole rings is 1. The predicted octanol–water partition coefficient (Wildman–Crippen LogP) is 1.88. The minimum absolute atomic E-state index is 0.0427. The molecule has 4 heterocycles. The molecule has 2 fully saturated rings. The van der Waals surface area contributed by atoms with Crippen molar-refractivity contribution in [2.24, 2.45) is 0 Å². The fraction of sp³-hybridized carbons (Fsp3) is 0.556. The van der Waals surface area contributed by atoms with Crippen LogP contribution in [0.3, 0.4) is 0 Å². The Morgan fingerprint density at radius 2 is 1.72 bits per heavy atom. The maximum absolute atomic E-state index is 12.8. The first-order valence-corrected chi connectivity index (χ1v) is 9.49. The summed E-state index contributed by atoms with van der Waals surface area (Å²) in [7, 11) is 1.78. The zero-order valence-corrected chi connectivity index (χ0v) is 16.0. The monoisotopic (exact) mass is 409 g/mol. The van der Waals surface area contributed by atoms with Crippen LogP contribution in [-0.4, -0.2) is 70.5 Å². The molecule has 1 amide bonds. The van der Waals surface area contributed by atoms with Crippen LogP contribution >= 0.6 is 0 Å². The van der Waals surface area contributed by atoms with Crippen molar-refractivity contribution in [1.82, 2.24) is 24.8 Å². The van der Waals surface area contributed by atoms with E-state index in [0.29, 0.717) is 50.7 Å². The lowest BCUT2D eigenvalue weighted by molar-refractivity contribution is -0.141. The van der Waals surface area contributed by atoms with Crippen LogP contribution in [0.1, 0.15) is 30.3 Å². The lowest BCUT2D eigenvalue weighted by Crippen LogP contribution is -2.48. The van der Waals surface area contributed by atoms with Crippen molar-refractivity contribution in [3.8, 4) is 0 Å². The van der Waals surface area contributed by atoms with Crippen LogP contribution in [0, 0.1) is 0 Å². The number of halogens is 3. The first-order valence-electron chi connectivity index (χ1n) is 9.49. The molecule has 11 heteroatoms. The second-order valence-electron chi connectivity index (χ2n) is 7.41. The first-order chi connectivity index (χ1) is 13.8. The maximum Gasteiger partial charge on any atom is 0.432 e. The van der Waals surface area contributed by atoms with Gasteiger partial charge in [-0.1, -0.05) is 0 Å². The summed E-state index contributed by atoms with van der Waals surface area (Å²) in [4.78, 5) is 32.7. The number of nitrogens with one attached hydrogen (secondary N) is 1. The molecule has 0 bridgehead atoms. The number of hydrogen-bond donors (Lipinski definition) is 1. The Hall–Kier alpha value is -2.85. The van der Waals surface area contributed by atoms with Gasteiger partial charge >= 0.3 is 6.18 Å². The molecule has 8 nitrogen and oxygen atoms in total. The van der Waals surface area contributed by atoms with Crippen molar-refractivity contribution in [2.45, 2.75) is 24.9 Å². The smallest absolute Gasteiger partial charge is 0.356 e. The molecule has 4 rings (SSSR count). The summed E-state index contributed by atoms with van der Waals surface area (Å²) in [6.07, 6.45) is -0.709. The van der Waals surface area contributed by atoms with Gasteiger partial charge in [-0.3, -0.25) is 4.79 Å². The maximum atomic E-state index is 12.8. The SMILES string of the molecule is CN1CCN(c2cc(N3CCC(c4ncc(C(F)(F)F)[nH]4)CC3)ncn2)CC1=O. The van der Waals surface area contributed by atoms with Gasteiger partial charge in [0.1, 0.15) is 29.5 Å². The molecule has 2 saturated heterocycles. The third-order valence-corrected chi connectivity index (χ3v) is 5.53. The van der Waals surface area contributed by atoms with Gasteiger partial charge in [-0.15, -0.1) is 0 Å². The summed E-state index contributed by atoms with van der Waals surface area (Å²) in [5.41, 5.74) is -0.808. The number of piperazine rings is 1. The van der Waals surface area contributed by atoms with E-state index in [1.54, 1.807) is 11.9 Å². The molecule has 156 valence electrons. The molecule has 0 aliphatic carbocycles. The highest BCUT2D eigenvalue weighted by Gasteiger charge is 2.34. The second kappa shape index (κ2) is 7.53.